The lowest BCUT2D eigenvalue weighted by molar-refractivity contribution is -0.151. The number of amides is 1. The number of hydrogen-bond donors (Lipinski definition) is 1. The summed E-state index contributed by atoms with van der Waals surface area (Å²) in [5, 5.41) is 11.8. The van der Waals surface area contributed by atoms with Crippen molar-refractivity contribution in [1.82, 2.24) is 5.32 Å². The van der Waals surface area contributed by atoms with E-state index in [1.165, 1.54) is 13.0 Å². The molecule has 0 heterocycles. The largest absolute Gasteiger partial charge is 0.448 e. The molecule has 0 aliphatic carbocycles. The first kappa shape index (κ1) is 18.4. The molecule has 0 saturated heterocycles. The maximum atomic E-state index is 12.0. The summed E-state index contributed by atoms with van der Waals surface area (Å²) in [5.74, 6) is -1.22. The molecule has 0 bridgehead atoms. The summed E-state index contributed by atoms with van der Waals surface area (Å²) in [6, 6.07) is 9.18. The highest BCUT2D eigenvalue weighted by atomic mass is 16.5. The molecular formula is C18H22N2O3. The van der Waals surface area contributed by atoms with Crippen LogP contribution >= 0.6 is 0 Å². The SMILES string of the molecule is Cc1ccc(/C=C(\C#N)C(=O)O[C@H](C)C(=O)NC(C)(C)C)cc1. The van der Waals surface area contributed by atoms with E-state index in [1.54, 1.807) is 12.1 Å². The second kappa shape index (κ2) is 7.59. The summed E-state index contributed by atoms with van der Waals surface area (Å²) >= 11 is 0. The summed E-state index contributed by atoms with van der Waals surface area (Å²) in [6.07, 6.45) is 0.465. The zero-order valence-electron chi connectivity index (χ0n) is 14.1. The Bertz CT molecular complexity index is 646. The monoisotopic (exact) mass is 314 g/mol. The van der Waals surface area contributed by atoms with Crippen molar-refractivity contribution in [2.45, 2.75) is 46.3 Å². The third-order valence-electron chi connectivity index (χ3n) is 2.88. The maximum Gasteiger partial charge on any atom is 0.349 e. The molecule has 0 radical (unpaired) electrons. The second-order valence-corrected chi connectivity index (χ2v) is 6.37. The Morgan fingerprint density at radius 2 is 1.83 bits per heavy atom. The van der Waals surface area contributed by atoms with Gasteiger partial charge in [0.15, 0.2) is 6.10 Å². The Morgan fingerprint density at radius 1 is 1.26 bits per heavy atom. The maximum absolute atomic E-state index is 12.0. The van der Waals surface area contributed by atoms with Gasteiger partial charge in [0, 0.05) is 5.54 Å². The Labute approximate surface area is 137 Å². The van der Waals surface area contributed by atoms with E-state index in [1.807, 2.05) is 45.9 Å². The van der Waals surface area contributed by atoms with Crippen molar-refractivity contribution >= 4 is 18.0 Å². The van der Waals surface area contributed by atoms with E-state index in [2.05, 4.69) is 5.32 Å². The van der Waals surface area contributed by atoms with Crippen molar-refractivity contribution < 1.29 is 14.3 Å². The van der Waals surface area contributed by atoms with Gasteiger partial charge in [0.2, 0.25) is 0 Å². The topological polar surface area (TPSA) is 79.2 Å². The number of nitriles is 1. The van der Waals surface area contributed by atoms with E-state index in [4.69, 9.17) is 10.00 Å². The average Bonchev–Trinajstić information content (AvgIpc) is 2.44. The molecule has 1 N–H and O–H groups in total. The molecule has 5 heteroatoms. The zero-order valence-corrected chi connectivity index (χ0v) is 14.1. The van der Waals surface area contributed by atoms with Crippen molar-refractivity contribution in [3.8, 4) is 6.07 Å². The van der Waals surface area contributed by atoms with E-state index in [0.29, 0.717) is 0 Å². The van der Waals surface area contributed by atoms with Crippen LogP contribution < -0.4 is 5.32 Å². The molecule has 0 aromatic heterocycles. The van der Waals surface area contributed by atoms with Gasteiger partial charge in [-0.05, 0) is 46.3 Å². The summed E-state index contributed by atoms with van der Waals surface area (Å²) in [6.45, 7) is 8.91. The molecule has 0 fully saturated rings. The number of hydrogen-bond acceptors (Lipinski definition) is 4. The summed E-state index contributed by atoms with van der Waals surface area (Å²) in [7, 11) is 0. The van der Waals surface area contributed by atoms with Gasteiger partial charge >= 0.3 is 5.97 Å². The molecule has 1 aromatic carbocycles. The van der Waals surface area contributed by atoms with Crippen LogP contribution in [-0.4, -0.2) is 23.5 Å². The Hall–Kier alpha value is -2.61. The summed E-state index contributed by atoms with van der Waals surface area (Å²) in [4.78, 5) is 23.9. The van der Waals surface area contributed by atoms with Gasteiger partial charge in [0.25, 0.3) is 5.91 Å². The van der Waals surface area contributed by atoms with E-state index in [9.17, 15) is 9.59 Å². The van der Waals surface area contributed by atoms with Crippen LogP contribution in [0.3, 0.4) is 0 Å². The van der Waals surface area contributed by atoms with Gasteiger partial charge in [-0.25, -0.2) is 4.79 Å². The molecule has 0 unspecified atom stereocenters. The average molecular weight is 314 g/mol. The molecule has 1 aromatic rings. The predicted molar refractivity (Wildman–Crippen MR) is 88.2 cm³/mol. The third-order valence-corrected chi connectivity index (χ3v) is 2.88. The number of ether oxygens (including phenoxy) is 1. The van der Waals surface area contributed by atoms with Crippen LogP contribution in [-0.2, 0) is 14.3 Å². The van der Waals surface area contributed by atoms with E-state index in [0.717, 1.165) is 11.1 Å². The molecule has 1 amide bonds. The number of carbonyl (C=O) groups excluding carboxylic acids is 2. The van der Waals surface area contributed by atoms with Crippen LogP contribution in [0, 0.1) is 18.3 Å². The molecule has 23 heavy (non-hydrogen) atoms. The van der Waals surface area contributed by atoms with Gasteiger partial charge in [0.1, 0.15) is 11.6 Å². The Kier molecular flexibility index (Phi) is 6.09. The molecule has 0 aliphatic heterocycles. The van der Waals surface area contributed by atoms with Crippen LogP contribution in [0.5, 0.6) is 0 Å². The van der Waals surface area contributed by atoms with Gasteiger partial charge < -0.3 is 10.1 Å². The lowest BCUT2D eigenvalue weighted by atomic mass is 10.1. The molecule has 122 valence electrons. The van der Waals surface area contributed by atoms with E-state index in [-0.39, 0.29) is 5.57 Å². The molecule has 0 saturated carbocycles. The van der Waals surface area contributed by atoms with Crippen molar-refractivity contribution in [3.05, 3.63) is 41.0 Å². The number of nitrogens with one attached hydrogen (secondary N) is 1. The minimum Gasteiger partial charge on any atom is -0.448 e. The zero-order chi connectivity index (χ0) is 17.6. The summed E-state index contributed by atoms with van der Waals surface area (Å²) in [5.41, 5.74) is 1.23. The van der Waals surface area contributed by atoms with Crippen LogP contribution in [0.4, 0.5) is 0 Å². The Balaban J connectivity index is 2.80. The lowest BCUT2D eigenvalue weighted by Crippen LogP contribution is -2.46. The minimum atomic E-state index is -0.975. The molecule has 0 spiro atoms. The van der Waals surface area contributed by atoms with Crippen LogP contribution in [0.25, 0.3) is 6.08 Å². The quantitative estimate of drug-likeness (QED) is 0.526. The standard InChI is InChI=1S/C18H22N2O3/c1-12-6-8-14(9-7-12)10-15(11-19)17(22)23-13(2)16(21)20-18(3,4)5/h6-10,13H,1-5H3,(H,20,21)/b15-10+/t13-/m1/s1. The van der Waals surface area contributed by atoms with Crippen molar-refractivity contribution in [2.24, 2.45) is 0 Å². The van der Waals surface area contributed by atoms with Crippen LogP contribution in [0.2, 0.25) is 0 Å². The lowest BCUT2D eigenvalue weighted by Gasteiger charge is -2.23. The van der Waals surface area contributed by atoms with Crippen molar-refractivity contribution in [1.29, 1.82) is 5.26 Å². The number of rotatable bonds is 4. The summed E-state index contributed by atoms with van der Waals surface area (Å²) < 4.78 is 5.07. The van der Waals surface area contributed by atoms with Crippen LogP contribution in [0.1, 0.15) is 38.8 Å². The molecule has 1 rings (SSSR count). The van der Waals surface area contributed by atoms with Gasteiger partial charge in [-0.3, -0.25) is 4.79 Å². The van der Waals surface area contributed by atoms with Gasteiger partial charge in [-0.1, -0.05) is 29.8 Å². The van der Waals surface area contributed by atoms with E-state index < -0.39 is 23.5 Å². The number of nitrogens with zero attached hydrogens (tertiary/aromatic N) is 1. The molecule has 1 atom stereocenters. The fraction of sp³-hybridized carbons (Fsp3) is 0.389. The first-order valence-electron chi connectivity index (χ1n) is 7.34. The van der Waals surface area contributed by atoms with Gasteiger partial charge in [0.05, 0.1) is 0 Å². The fourth-order valence-electron chi connectivity index (χ4n) is 1.71. The first-order chi connectivity index (χ1) is 10.6. The smallest absolute Gasteiger partial charge is 0.349 e. The number of esters is 1. The molecule has 0 aliphatic rings. The van der Waals surface area contributed by atoms with Crippen molar-refractivity contribution in [2.75, 3.05) is 0 Å². The minimum absolute atomic E-state index is 0.149. The normalized spacial score (nSPS) is 13.0. The third kappa shape index (κ3) is 6.35. The molecular weight excluding hydrogens is 292 g/mol. The number of carbonyl (C=O) groups is 2. The van der Waals surface area contributed by atoms with Gasteiger partial charge in [-0.2, -0.15) is 5.26 Å². The number of aryl methyl sites for hydroxylation is 1. The Morgan fingerprint density at radius 3 is 2.30 bits per heavy atom. The molecule has 5 nitrogen and oxygen atoms in total. The van der Waals surface area contributed by atoms with Crippen LogP contribution in [0.15, 0.2) is 29.8 Å². The van der Waals surface area contributed by atoms with Gasteiger partial charge in [-0.15, -0.1) is 0 Å². The predicted octanol–water partition coefficient (Wildman–Crippen LogP) is 2.75. The van der Waals surface area contributed by atoms with E-state index >= 15 is 0 Å². The highest BCUT2D eigenvalue weighted by Gasteiger charge is 2.23. The number of benzene rings is 1. The highest BCUT2D eigenvalue weighted by Crippen LogP contribution is 2.11. The fourth-order valence-corrected chi connectivity index (χ4v) is 1.71. The first-order valence-corrected chi connectivity index (χ1v) is 7.34. The highest BCUT2D eigenvalue weighted by molar-refractivity contribution is 5.99. The second-order valence-electron chi connectivity index (χ2n) is 6.37. The van der Waals surface area contributed by atoms with Crippen molar-refractivity contribution in [3.63, 3.8) is 0 Å².